The SMILES string of the molecule is Cc1ccc(S(=O)(=O)N2C3CCCCC3OC2C2(C)CCCC2=O)cc1. The van der Waals surface area contributed by atoms with Crippen LogP contribution in [-0.2, 0) is 19.6 Å². The lowest BCUT2D eigenvalue weighted by Gasteiger charge is -2.36. The van der Waals surface area contributed by atoms with Crippen LogP contribution < -0.4 is 0 Å². The van der Waals surface area contributed by atoms with E-state index in [9.17, 15) is 13.2 Å². The third-order valence-electron chi connectivity index (χ3n) is 6.41. The molecule has 0 aromatic heterocycles. The van der Waals surface area contributed by atoms with Gasteiger partial charge in [0.1, 0.15) is 12.0 Å². The summed E-state index contributed by atoms with van der Waals surface area (Å²) in [6.07, 6.45) is 4.96. The van der Waals surface area contributed by atoms with Crippen LogP contribution in [0.4, 0.5) is 0 Å². The standard InChI is InChI=1S/C20H27NO4S/c1-14-9-11-15(12-10-14)26(23,24)21-16-6-3-4-7-17(16)25-19(21)20(2)13-5-8-18(20)22/h9-12,16-17,19H,3-8,13H2,1-2H3. The van der Waals surface area contributed by atoms with E-state index in [1.54, 1.807) is 16.4 Å². The molecule has 0 amide bonds. The fourth-order valence-corrected chi connectivity index (χ4v) is 6.65. The molecule has 1 saturated heterocycles. The predicted molar refractivity (Wildman–Crippen MR) is 98.1 cm³/mol. The van der Waals surface area contributed by atoms with Crippen LogP contribution >= 0.6 is 0 Å². The zero-order chi connectivity index (χ0) is 18.5. The molecule has 4 atom stereocenters. The zero-order valence-electron chi connectivity index (χ0n) is 15.5. The van der Waals surface area contributed by atoms with Gasteiger partial charge in [-0.05, 0) is 51.7 Å². The number of ketones is 1. The van der Waals surface area contributed by atoms with Crippen molar-refractivity contribution in [3.63, 3.8) is 0 Å². The minimum Gasteiger partial charge on any atom is -0.356 e. The van der Waals surface area contributed by atoms with Gasteiger partial charge in [-0.15, -0.1) is 0 Å². The monoisotopic (exact) mass is 377 g/mol. The highest BCUT2D eigenvalue weighted by atomic mass is 32.2. The molecule has 5 nitrogen and oxygen atoms in total. The van der Waals surface area contributed by atoms with Crippen molar-refractivity contribution in [2.45, 2.75) is 82.1 Å². The molecule has 0 N–H and O–H groups in total. The predicted octanol–water partition coefficient (Wildman–Crippen LogP) is 3.41. The second kappa shape index (κ2) is 6.43. The Hall–Kier alpha value is -1.24. The lowest BCUT2D eigenvalue weighted by molar-refractivity contribution is -0.137. The Morgan fingerprint density at radius 1 is 1.12 bits per heavy atom. The number of Topliss-reactive ketones (excluding diaryl/α,β-unsaturated/α-hetero) is 1. The molecule has 3 aliphatic rings. The molecule has 2 aliphatic carbocycles. The number of fused-ring (bicyclic) bond motifs is 1. The number of nitrogens with zero attached hydrogens (tertiary/aromatic N) is 1. The molecule has 0 spiro atoms. The molecule has 0 radical (unpaired) electrons. The van der Waals surface area contributed by atoms with Gasteiger partial charge in [0.05, 0.1) is 22.5 Å². The highest BCUT2D eigenvalue weighted by Gasteiger charge is 2.58. The van der Waals surface area contributed by atoms with Gasteiger partial charge in [0.15, 0.2) is 0 Å². The van der Waals surface area contributed by atoms with E-state index in [4.69, 9.17) is 4.74 Å². The van der Waals surface area contributed by atoms with Crippen molar-refractivity contribution in [3.8, 4) is 0 Å². The molecule has 1 aliphatic heterocycles. The molecular weight excluding hydrogens is 350 g/mol. The van der Waals surface area contributed by atoms with E-state index in [2.05, 4.69) is 0 Å². The van der Waals surface area contributed by atoms with Crippen molar-refractivity contribution in [2.24, 2.45) is 5.41 Å². The minimum atomic E-state index is -3.72. The first kappa shape index (κ1) is 18.1. The smallest absolute Gasteiger partial charge is 0.245 e. The molecule has 1 aromatic carbocycles. The molecule has 3 fully saturated rings. The molecule has 26 heavy (non-hydrogen) atoms. The first-order valence-electron chi connectivity index (χ1n) is 9.63. The Labute approximate surface area is 155 Å². The average molecular weight is 378 g/mol. The fraction of sp³-hybridized carbons (Fsp3) is 0.650. The van der Waals surface area contributed by atoms with Gasteiger partial charge in [-0.2, -0.15) is 4.31 Å². The fourth-order valence-electron chi connectivity index (χ4n) is 4.80. The van der Waals surface area contributed by atoms with Gasteiger partial charge in [-0.25, -0.2) is 8.42 Å². The summed E-state index contributed by atoms with van der Waals surface area (Å²) in [7, 11) is -3.72. The number of benzene rings is 1. The minimum absolute atomic E-state index is 0.0980. The van der Waals surface area contributed by atoms with Crippen LogP contribution in [0.2, 0.25) is 0 Å². The summed E-state index contributed by atoms with van der Waals surface area (Å²) in [6, 6.07) is 6.80. The third-order valence-corrected chi connectivity index (χ3v) is 8.29. The van der Waals surface area contributed by atoms with Crippen molar-refractivity contribution in [2.75, 3.05) is 0 Å². The second-order valence-electron chi connectivity index (χ2n) is 8.22. The molecule has 1 heterocycles. The number of hydrogen-bond acceptors (Lipinski definition) is 4. The summed E-state index contributed by atoms with van der Waals surface area (Å²) in [4.78, 5) is 12.9. The number of hydrogen-bond donors (Lipinski definition) is 0. The van der Waals surface area contributed by atoms with Crippen LogP contribution in [0.1, 0.15) is 57.4 Å². The quantitative estimate of drug-likeness (QED) is 0.810. The van der Waals surface area contributed by atoms with Crippen molar-refractivity contribution in [1.82, 2.24) is 4.31 Å². The van der Waals surface area contributed by atoms with Crippen molar-refractivity contribution in [1.29, 1.82) is 0 Å². The van der Waals surface area contributed by atoms with Gasteiger partial charge >= 0.3 is 0 Å². The number of carbonyl (C=O) groups is 1. The average Bonchev–Trinajstić information content (AvgIpc) is 3.17. The van der Waals surface area contributed by atoms with Gasteiger partial charge in [-0.3, -0.25) is 4.79 Å². The Morgan fingerprint density at radius 3 is 2.46 bits per heavy atom. The van der Waals surface area contributed by atoms with Gasteiger partial charge in [-0.1, -0.05) is 30.5 Å². The van der Waals surface area contributed by atoms with Gasteiger partial charge in [0.2, 0.25) is 10.0 Å². The normalized spacial score (nSPS) is 35.6. The number of carbonyl (C=O) groups excluding carboxylic acids is 1. The molecule has 6 heteroatoms. The van der Waals surface area contributed by atoms with Crippen molar-refractivity contribution < 1.29 is 17.9 Å². The van der Waals surface area contributed by atoms with E-state index < -0.39 is 21.7 Å². The Kier molecular flexibility index (Phi) is 4.48. The Morgan fingerprint density at radius 2 is 1.81 bits per heavy atom. The maximum Gasteiger partial charge on any atom is 0.245 e. The summed E-state index contributed by atoms with van der Waals surface area (Å²) in [6.45, 7) is 3.83. The topological polar surface area (TPSA) is 63.7 Å². The lowest BCUT2D eigenvalue weighted by Crippen LogP contribution is -2.51. The number of rotatable bonds is 3. The van der Waals surface area contributed by atoms with E-state index in [-0.39, 0.29) is 22.8 Å². The summed E-state index contributed by atoms with van der Waals surface area (Å²) >= 11 is 0. The zero-order valence-corrected chi connectivity index (χ0v) is 16.3. The van der Waals surface area contributed by atoms with Crippen LogP contribution in [0.25, 0.3) is 0 Å². The maximum atomic E-state index is 13.6. The van der Waals surface area contributed by atoms with Crippen LogP contribution in [0.5, 0.6) is 0 Å². The van der Waals surface area contributed by atoms with E-state index in [1.807, 2.05) is 26.0 Å². The summed E-state index contributed by atoms with van der Waals surface area (Å²) in [5, 5.41) is 0. The van der Waals surface area contributed by atoms with Crippen molar-refractivity contribution in [3.05, 3.63) is 29.8 Å². The Bertz CT molecular complexity index is 804. The highest BCUT2D eigenvalue weighted by Crippen LogP contribution is 2.48. The highest BCUT2D eigenvalue weighted by molar-refractivity contribution is 7.89. The third kappa shape index (κ3) is 2.74. The second-order valence-corrected chi connectivity index (χ2v) is 10.1. The van der Waals surface area contributed by atoms with Gasteiger partial charge in [0, 0.05) is 6.42 Å². The van der Waals surface area contributed by atoms with Gasteiger partial charge < -0.3 is 4.74 Å². The molecular formula is C20H27NO4S. The number of aryl methyl sites for hydroxylation is 1. The summed E-state index contributed by atoms with van der Waals surface area (Å²) in [5.74, 6) is 0.130. The number of ether oxygens (including phenoxy) is 1. The maximum absolute atomic E-state index is 13.6. The van der Waals surface area contributed by atoms with Crippen LogP contribution in [0.3, 0.4) is 0 Å². The molecule has 4 rings (SSSR count). The first-order chi connectivity index (χ1) is 12.3. The summed E-state index contributed by atoms with van der Waals surface area (Å²) < 4.78 is 35.0. The molecule has 0 bridgehead atoms. The molecule has 2 saturated carbocycles. The van der Waals surface area contributed by atoms with Crippen LogP contribution in [0, 0.1) is 12.3 Å². The molecule has 1 aromatic rings. The number of sulfonamides is 1. The lowest BCUT2D eigenvalue weighted by atomic mass is 9.85. The Balaban J connectivity index is 1.78. The van der Waals surface area contributed by atoms with E-state index in [1.165, 1.54) is 0 Å². The molecule has 4 unspecified atom stereocenters. The molecule has 142 valence electrons. The largest absolute Gasteiger partial charge is 0.356 e. The first-order valence-corrected chi connectivity index (χ1v) is 11.1. The summed E-state index contributed by atoms with van der Waals surface area (Å²) in [5.41, 5.74) is 0.279. The van der Waals surface area contributed by atoms with Gasteiger partial charge in [0.25, 0.3) is 0 Å². The van der Waals surface area contributed by atoms with E-state index >= 15 is 0 Å². The van der Waals surface area contributed by atoms with E-state index in [0.29, 0.717) is 12.8 Å². The van der Waals surface area contributed by atoms with Crippen molar-refractivity contribution >= 4 is 15.8 Å². The van der Waals surface area contributed by atoms with Crippen LogP contribution in [-0.4, -0.2) is 36.9 Å². The van der Waals surface area contributed by atoms with E-state index in [0.717, 1.165) is 37.7 Å². The van der Waals surface area contributed by atoms with Crippen LogP contribution in [0.15, 0.2) is 29.2 Å².